The second-order valence-corrected chi connectivity index (χ2v) is 17.5. The molecule has 1 fully saturated rings. The maximum Gasteiger partial charge on any atom is 0.472 e. The summed E-state index contributed by atoms with van der Waals surface area (Å²) in [5.74, 6) is -0.986. The molecule has 1 heterocycles. The van der Waals surface area contributed by atoms with Crippen molar-refractivity contribution >= 4 is 19.8 Å². The van der Waals surface area contributed by atoms with Crippen LogP contribution in [0.25, 0.3) is 0 Å². The van der Waals surface area contributed by atoms with Crippen LogP contribution in [-0.4, -0.2) is 87.1 Å². The lowest BCUT2D eigenvalue weighted by molar-refractivity contribution is -0.870. The molecule has 0 spiro atoms. The highest BCUT2D eigenvalue weighted by Gasteiger charge is 2.37. The summed E-state index contributed by atoms with van der Waals surface area (Å²) in [5.41, 5.74) is 0. The van der Waals surface area contributed by atoms with Gasteiger partial charge in [-0.15, -0.1) is 0 Å². The molecule has 0 radical (unpaired) electrons. The van der Waals surface area contributed by atoms with Crippen LogP contribution in [0.4, 0.5) is 0 Å². The van der Waals surface area contributed by atoms with Crippen molar-refractivity contribution in [1.82, 2.24) is 0 Å². The first-order valence-electron chi connectivity index (χ1n) is 22.7. The van der Waals surface area contributed by atoms with Gasteiger partial charge in [0.05, 0.1) is 40.0 Å². The highest BCUT2D eigenvalue weighted by atomic mass is 31.2. The minimum atomic E-state index is -4.43. The van der Waals surface area contributed by atoms with E-state index >= 15 is 0 Å². The lowest BCUT2D eigenvalue weighted by Crippen LogP contribution is -2.37. The average Bonchev–Trinajstić information content (AvgIpc) is 3.97. The summed E-state index contributed by atoms with van der Waals surface area (Å²) >= 11 is 0. The topological polar surface area (TPSA) is 121 Å². The molecule has 0 saturated carbocycles. The second kappa shape index (κ2) is 37.2. The summed E-state index contributed by atoms with van der Waals surface area (Å²) < 4.78 is 40.0. The van der Waals surface area contributed by atoms with Crippen molar-refractivity contribution in [2.75, 3.05) is 47.5 Å². The van der Waals surface area contributed by atoms with Gasteiger partial charge in [0, 0.05) is 12.8 Å². The number of carbonyl (C=O) groups is 2. The Hall–Kier alpha value is -3.37. The molecule has 4 atom stereocenters. The Morgan fingerprint density at radius 2 is 1.15 bits per heavy atom. The van der Waals surface area contributed by atoms with Gasteiger partial charge in [-0.1, -0.05) is 136 Å². The number of epoxide rings is 1. The largest absolute Gasteiger partial charge is 0.472 e. The number of phosphoric acid groups is 1. The predicted molar refractivity (Wildman–Crippen MR) is 251 cm³/mol. The fourth-order valence-electron chi connectivity index (χ4n) is 5.59. The van der Waals surface area contributed by atoms with Crippen LogP contribution in [0.5, 0.6) is 0 Å². The van der Waals surface area contributed by atoms with E-state index in [9.17, 15) is 19.0 Å². The maximum atomic E-state index is 12.8. The van der Waals surface area contributed by atoms with Crippen LogP contribution in [0.1, 0.15) is 129 Å². The Bertz CT molecular complexity index is 1470. The van der Waals surface area contributed by atoms with Crippen LogP contribution in [0.15, 0.2) is 109 Å². The Balaban J connectivity index is 2.40. The number of allylic oxidation sites excluding steroid dienone is 17. The number of hydrogen-bond donors (Lipinski definition) is 1. The molecule has 61 heavy (non-hydrogen) atoms. The Morgan fingerprint density at radius 3 is 1.69 bits per heavy atom. The van der Waals surface area contributed by atoms with Crippen molar-refractivity contribution in [3.05, 3.63) is 109 Å². The van der Waals surface area contributed by atoms with E-state index in [2.05, 4.69) is 111 Å². The monoisotopic (exact) mass is 871 g/mol. The SMILES string of the molecule is CC/C=C\C/C=C\C/C=C\C/C=C\C/C=C\C/C=C\CCC(=O)OC[C@H](COP(=O)(O)OCC[N+](C)(C)C)OC(=O)CCCC1OC1C/C=C\C/C=C\C/C=C\CCCCC. The van der Waals surface area contributed by atoms with Gasteiger partial charge in [-0.25, -0.2) is 4.57 Å². The van der Waals surface area contributed by atoms with E-state index in [4.69, 9.17) is 23.3 Å². The summed E-state index contributed by atoms with van der Waals surface area (Å²) in [7, 11) is 1.37. The summed E-state index contributed by atoms with van der Waals surface area (Å²) in [6, 6.07) is 0. The molecule has 0 bridgehead atoms. The zero-order valence-electron chi connectivity index (χ0n) is 38.3. The van der Waals surface area contributed by atoms with E-state index in [1.165, 1.54) is 19.3 Å². The number of nitrogens with zero attached hydrogens (tertiary/aromatic N) is 1. The number of ether oxygens (including phenoxy) is 3. The first-order valence-corrected chi connectivity index (χ1v) is 24.2. The Morgan fingerprint density at radius 1 is 0.623 bits per heavy atom. The zero-order chi connectivity index (χ0) is 44.7. The summed E-state index contributed by atoms with van der Waals surface area (Å²) in [4.78, 5) is 35.5. The molecule has 10 nitrogen and oxygen atoms in total. The lowest BCUT2D eigenvalue weighted by atomic mass is 10.1. The van der Waals surface area contributed by atoms with Crippen molar-refractivity contribution in [3.8, 4) is 0 Å². The van der Waals surface area contributed by atoms with E-state index in [-0.39, 0.29) is 38.3 Å². The summed E-state index contributed by atoms with van der Waals surface area (Å²) in [6.07, 6.45) is 53.2. The molecule has 0 aromatic heterocycles. The second-order valence-electron chi connectivity index (χ2n) is 16.1. The van der Waals surface area contributed by atoms with Gasteiger partial charge < -0.3 is 23.6 Å². The van der Waals surface area contributed by atoms with E-state index in [0.29, 0.717) is 23.9 Å². The van der Waals surface area contributed by atoms with Gasteiger partial charge in [-0.2, -0.15) is 0 Å². The lowest BCUT2D eigenvalue weighted by Gasteiger charge is -2.24. The van der Waals surface area contributed by atoms with Crippen molar-refractivity contribution in [1.29, 1.82) is 0 Å². The standard InChI is InChI=1S/C50H80NO9P/c1-6-8-10-12-14-16-18-20-21-22-23-24-25-26-28-30-32-34-36-40-49(52)56-44-46(45-58-61(54,55)57-43-42-51(3,4)5)59-50(53)41-37-39-48-47(60-48)38-35-33-31-29-27-19-17-15-13-11-9-7-2/h8,10,14-17,20-21,23-24,26-29,32-35,46-48H,6-7,9,11-13,18-19,22,25,30-31,36-45H2,1-5H3/p+1/b10-8-,16-14-,17-15-,21-20-,24-23-,28-26-,29-27-,34-32-,35-33-/t46-,47?,48?/m1/s1. The molecule has 344 valence electrons. The van der Waals surface area contributed by atoms with E-state index in [1.807, 2.05) is 33.3 Å². The Kier molecular flexibility index (Phi) is 33.9. The van der Waals surface area contributed by atoms with Crippen LogP contribution < -0.4 is 0 Å². The molecule has 0 aromatic carbocycles. The van der Waals surface area contributed by atoms with Crippen LogP contribution in [-0.2, 0) is 37.4 Å². The third-order valence-electron chi connectivity index (χ3n) is 9.22. The third-order valence-corrected chi connectivity index (χ3v) is 10.2. The highest BCUT2D eigenvalue weighted by molar-refractivity contribution is 7.47. The fraction of sp³-hybridized carbons (Fsp3) is 0.600. The van der Waals surface area contributed by atoms with Crippen molar-refractivity contribution in [2.24, 2.45) is 0 Å². The molecule has 1 rings (SSSR count). The van der Waals surface area contributed by atoms with Crippen molar-refractivity contribution in [3.63, 3.8) is 0 Å². The normalized spacial score (nSPS) is 17.9. The molecule has 1 aliphatic rings. The number of quaternary nitrogens is 1. The van der Waals surface area contributed by atoms with Gasteiger partial charge >= 0.3 is 19.8 Å². The smallest absolute Gasteiger partial charge is 0.462 e. The molecule has 0 amide bonds. The molecule has 1 saturated heterocycles. The number of unbranched alkanes of at least 4 members (excludes halogenated alkanes) is 3. The predicted octanol–water partition coefficient (Wildman–Crippen LogP) is 12.1. The minimum Gasteiger partial charge on any atom is -0.462 e. The molecule has 11 heteroatoms. The number of likely N-dealkylation sites (N-methyl/N-ethyl adjacent to an activating group) is 1. The average molecular weight is 871 g/mol. The van der Waals surface area contributed by atoms with Gasteiger partial charge in [-0.05, 0) is 89.9 Å². The van der Waals surface area contributed by atoms with Gasteiger partial charge in [0.1, 0.15) is 19.8 Å². The van der Waals surface area contributed by atoms with Crippen LogP contribution in [0.3, 0.4) is 0 Å². The molecular weight excluding hydrogens is 790 g/mol. The third kappa shape index (κ3) is 38.1. The van der Waals surface area contributed by atoms with E-state index < -0.39 is 32.5 Å². The van der Waals surface area contributed by atoms with E-state index in [1.54, 1.807) is 0 Å². The summed E-state index contributed by atoms with van der Waals surface area (Å²) in [5, 5.41) is 0. The first kappa shape index (κ1) is 55.6. The molecule has 3 unspecified atom stereocenters. The summed E-state index contributed by atoms with van der Waals surface area (Å²) in [6.45, 7) is 4.07. The number of phosphoric ester groups is 1. The van der Waals surface area contributed by atoms with Crippen molar-refractivity contribution in [2.45, 2.75) is 148 Å². The van der Waals surface area contributed by atoms with Crippen LogP contribution in [0, 0.1) is 0 Å². The number of esters is 2. The number of carbonyl (C=O) groups excluding carboxylic acids is 2. The van der Waals surface area contributed by atoms with Crippen LogP contribution >= 0.6 is 7.82 Å². The molecule has 0 aliphatic carbocycles. The maximum absolute atomic E-state index is 12.8. The van der Waals surface area contributed by atoms with Gasteiger partial charge in [0.25, 0.3) is 0 Å². The van der Waals surface area contributed by atoms with Gasteiger partial charge in [-0.3, -0.25) is 18.6 Å². The van der Waals surface area contributed by atoms with Gasteiger partial charge in [0.15, 0.2) is 6.10 Å². The zero-order valence-corrected chi connectivity index (χ0v) is 39.2. The number of hydrogen-bond acceptors (Lipinski definition) is 8. The molecule has 1 aliphatic heterocycles. The highest BCUT2D eigenvalue weighted by Crippen LogP contribution is 2.43. The first-order chi connectivity index (χ1) is 29.5. The molecular formula is C50H81NO9P+. The van der Waals surface area contributed by atoms with E-state index in [0.717, 1.165) is 70.6 Å². The Labute approximate surface area is 370 Å². The van der Waals surface area contributed by atoms with Crippen LogP contribution in [0.2, 0.25) is 0 Å². The van der Waals surface area contributed by atoms with Gasteiger partial charge in [0.2, 0.25) is 0 Å². The van der Waals surface area contributed by atoms with Crippen molar-refractivity contribution < 1.29 is 46.8 Å². The fourth-order valence-corrected chi connectivity index (χ4v) is 6.34. The quantitative estimate of drug-likeness (QED) is 0.0161. The number of rotatable bonds is 38. The molecule has 1 N–H and O–H groups in total. The minimum absolute atomic E-state index is 0.000485. The molecule has 0 aromatic rings.